The molecule has 0 fully saturated rings. The summed E-state index contributed by atoms with van der Waals surface area (Å²) in [6, 6.07) is 0. The van der Waals surface area contributed by atoms with Gasteiger partial charge in [0.1, 0.15) is 19.6 Å². The lowest BCUT2D eigenvalue weighted by Crippen LogP contribution is -2.32. The van der Waals surface area contributed by atoms with Crippen LogP contribution in [0.3, 0.4) is 0 Å². The number of amides is 1. The van der Waals surface area contributed by atoms with Gasteiger partial charge < -0.3 is 5.32 Å². The van der Waals surface area contributed by atoms with Gasteiger partial charge in [-0.25, -0.2) is 0 Å². The Hall–Kier alpha value is -1.06. The molecule has 1 aliphatic heterocycles. The van der Waals surface area contributed by atoms with Gasteiger partial charge in [0.05, 0.1) is 6.54 Å². The van der Waals surface area contributed by atoms with Gasteiger partial charge in [0.25, 0.3) is 0 Å². The van der Waals surface area contributed by atoms with Crippen LogP contribution in [0.15, 0.2) is 0 Å². The van der Waals surface area contributed by atoms with E-state index in [1.54, 1.807) is 0 Å². The summed E-state index contributed by atoms with van der Waals surface area (Å²) in [4.78, 5) is 12.4. The Bertz CT molecular complexity index is 765. The molecule has 0 aliphatic carbocycles. The Morgan fingerprint density at radius 1 is 0.462 bits per heavy atom. The summed E-state index contributed by atoms with van der Waals surface area (Å²) in [7, 11) is 0. The van der Waals surface area contributed by atoms with E-state index in [1.165, 1.54) is 250 Å². The molecule has 0 bridgehead atoms. The molecule has 0 aromatic heterocycles. The summed E-state index contributed by atoms with van der Waals surface area (Å²) in [6.45, 7) is 8.48. The van der Waals surface area contributed by atoms with Crippen molar-refractivity contribution in [1.29, 1.82) is 0 Å². The Morgan fingerprint density at radius 2 is 0.769 bits per heavy atom. The van der Waals surface area contributed by atoms with Gasteiger partial charge in [-0.1, -0.05) is 245 Å². The number of amidine groups is 1. The first-order valence-electron chi connectivity index (χ1n) is 24.4. The highest BCUT2D eigenvalue weighted by atomic mass is 16.1. The van der Waals surface area contributed by atoms with Gasteiger partial charge in [-0.05, 0) is 12.8 Å². The number of unbranched alkanes of at least 4 members (excludes halogenated alkanes) is 36. The van der Waals surface area contributed by atoms with Crippen molar-refractivity contribution in [3.8, 4) is 0 Å². The van der Waals surface area contributed by atoms with Gasteiger partial charge in [0.2, 0.25) is 11.7 Å². The Morgan fingerprint density at radius 3 is 1.12 bits per heavy atom. The SMILES string of the molecule is CCCCCCCCCCCCCCCCCCCCCCC1=[N+](CCNC(=O)CCCCCCCCCCCCCCCCCCCC)CCN1. The van der Waals surface area contributed by atoms with Crippen LogP contribution in [-0.2, 0) is 4.79 Å². The lowest BCUT2D eigenvalue weighted by atomic mass is 10.0. The molecule has 4 heteroatoms. The van der Waals surface area contributed by atoms with Crippen molar-refractivity contribution in [2.24, 2.45) is 0 Å². The number of nitrogens with zero attached hydrogens (tertiary/aromatic N) is 1. The summed E-state index contributed by atoms with van der Waals surface area (Å²) in [5.41, 5.74) is 0. The molecule has 2 N–H and O–H groups in total. The van der Waals surface area contributed by atoms with Gasteiger partial charge in [-0.2, -0.15) is 0 Å². The normalized spacial score (nSPS) is 13.0. The van der Waals surface area contributed by atoms with Crippen LogP contribution in [0.4, 0.5) is 0 Å². The molecule has 0 radical (unpaired) electrons. The van der Waals surface area contributed by atoms with E-state index in [1.807, 2.05) is 0 Å². The second-order valence-corrected chi connectivity index (χ2v) is 16.9. The van der Waals surface area contributed by atoms with Crippen molar-refractivity contribution in [3.05, 3.63) is 0 Å². The highest BCUT2D eigenvalue weighted by molar-refractivity contribution is 5.78. The fourth-order valence-corrected chi connectivity index (χ4v) is 8.23. The van der Waals surface area contributed by atoms with E-state index >= 15 is 0 Å². The maximum Gasteiger partial charge on any atom is 0.244 e. The maximum absolute atomic E-state index is 12.4. The van der Waals surface area contributed by atoms with E-state index in [4.69, 9.17) is 0 Å². The number of rotatable bonds is 43. The summed E-state index contributed by atoms with van der Waals surface area (Å²) in [6.07, 6.45) is 55.5. The molecule has 308 valence electrons. The monoisotopic (exact) mass is 731 g/mol. The van der Waals surface area contributed by atoms with Crippen molar-refractivity contribution < 1.29 is 9.37 Å². The van der Waals surface area contributed by atoms with E-state index in [2.05, 4.69) is 29.1 Å². The largest absolute Gasteiger partial charge is 0.352 e. The van der Waals surface area contributed by atoms with E-state index in [-0.39, 0.29) is 5.91 Å². The molecule has 1 heterocycles. The maximum atomic E-state index is 12.4. The van der Waals surface area contributed by atoms with Crippen molar-refractivity contribution in [2.45, 2.75) is 271 Å². The predicted octanol–water partition coefficient (Wildman–Crippen LogP) is 14.8. The molecule has 0 spiro atoms. The van der Waals surface area contributed by atoms with Crippen LogP contribution in [0.25, 0.3) is 0 Å². The Labute approximate surface area is 327 Å². The first kappa shape index (κ1) is 49.0. The minimum atomic E-state index is 0.249. The number of nitrogens with one attached hydrogen (secondary N) is 2. The number of carbonyl (C=O) groups excluding carboxylic acids is 1. The van der Waals surface area contributed by atoms with E-state index < -0.39 is 0 Å². The quantitative estimate of drug-likeness (QED) is 0.0485. The fourth-order valence-electron chi connectivity index (χ4n) is 8.23. The van der Waals surface area contributed by atoms with Crippen molar-refractivity contribution >= 4 is 11.7 Å². The smallest absolute Gasteiger partial charge is 0.244 e. The molecule has 0 atom stereocenters. The number of hydrogen-bond acceptors (Lipinski definition) is 2. The Kier molecular flexibility index (Phi) is 38.7. The minimum Gasteiger partial charge on any atom is -0.352 e. The summed E-state index contributed by atoms with van der Waals surface area (Å²) in [5, 5.41) is 6.82. The third-order valence-electron chi connectivity index (χ3n) is 11.8. The number of carbonyl (C=O) groups is 1. The standard InChI is InChI=1S/C48H95N3O/c1-3-5-7-9-11-13-15-17-19-21-23-24-25-27-29-31-33-35-37-39-41-47-49-43-45-51(47)46-44-50-48(52)42-40-38-36-34-32-30-28-26-22-20-18-16-14-12-10-8-6-4-2/h3-46H2,1-2H3,(H,50,52)/p+1. The van der Waals surface area contributed by atoms with Crippen LogP contribution in [0.2, 0.25) is 0 Å². The average Bonchev–Trinajstić information content (AvgIpc) is 3.60. The van der Waals surface area contributed by atoms with Gasteiger partial charge in [-0.15, -0.1) is 0 Å². The molecular weight excluding hydrogens is 635 g/mol. The molecule has 0 unspecified atom stereocenters. The van der Waals surface area contributed by atoms with Gasteiger partial charge in [0.15, 0.2) is 0 Å². The van der Waals surface area contributed by atoms with Crippen molar-refractivity contribution in [1.82, 2.24) is 10.6 Å². The van der Waals surface area contributed by atoms with Crippen molar-refractivity contribution in [2.75, 3.05) is 26.2 Å². The molecule has 1 amide bonds. The highest BCUT2D eigenvalue weighted by Gasteiger charge is 2.19. The molecule has 52 heavy (non-hydrogen) atoms. The fraction of sp³-hybridized carbons (Fsp3) is 0.958. The van der Waals surface area contributed by atoms with Gasteiger partial charge in [0, 0.05) is 12.8 Å². The zero-order valence-corrected chi connectivity index (χ0v) is 36.0. The summed E-state index contributed by atoms with van der Waals surface area (Å²) < 4.78 is 2.48. The van der Waals surface area contributed by atoms with Crippen LogP contribution >= 0.6 is 0 Å². The Balaban J connectivity index is 1.83. The predicted molar refractivity (Wildman–Crippen MR) is 232 cm³/mol. The molecular formula is C48H96N3O+. The van der Waals surface area contributed by atoms with E-state index in [0.29, 0.717) is 6.42 Å². The third-order valence-corrected chi connectivity index (χ3v) is 11.8. The molecule has 0 saturated heterocycles. The van der Waals surface area contributed by atoms with E-state index in [0.717, 1.165) is 32.6 Å². The van der Waals surface area contributed by atoms with Crippen LogP contribution in [0.1, 0.15) is 271 Å². The zero-order chi connectivity index (χ0) is 37.3. The highest BCUT2D eigenvalue weighted by Crippen LogP contribution is 2.17. The van der Waals surface area contributed by atoms with Crippen LogP contribution in [0, 0.1) is 0 Å². The molecule has 1 aliphatic rings. The third kappa shape index (κ3) is 34.7. The number of hydrogen-bond donors (Lipinski definition) is 2. The molecule has 4 nitrogen and oxygen atoms in total. The lowest BCUT2D eigenvalue weighted by molar-refractivity contribution is -0.517. The summed E-state index contributed by atoms with van der Waals surface area (Å²) in [5.74, 6) is 1.67. The minimum absolute atomic E-state index is 0.249. The molecule has 1 rings (SSSR count). The zero-order valence-electron chi connectivity index (χ0n) is 36.0. The van der Waals surface area contributed by atoms with E-state index in [9.17, 15) is 4.79 Å². The first-order chi connectivity index (χ1) is 25.8. The van der Waals surface area contributed by atoms with Crippen LogP contribution in [0.5, 0.6) is 0 Å². The second-order valence-electron chi connectivity index (χ2n) is 16.9. The lowest BCUT2D eigenvalue weighted by Gasteiger charge is -2.07. The summed E-state index contributed by atoms with van der Waals surface area (Å²) >= 11 is 0. The van der Waals surface area contributed by atoms with Crippen LogP contribution in [-0.4, -0.2) is 42.5 Å². The average molecular weight is 731 g/mol. The topological polar surface area (TPSA) is 44.1 Å². The van der Waals surface area contributed by atoms with Gasteiger partial charge in [-0.3, -0.25) is 14.7 Å². The molecule has 0 aromatic rings. The molecule has 0 saturated carbocycles. The second kappa shape index (κ2) is 41.1. The van der Waals surface area contributed by atoms with Gasteiger partial charge >= 0.3 is 0 Å². The molecule has 0 aromatic carbocycles. The first-order valence-corrected chi connectivity index (χ1v) is 24.4. The van der Waals surface area contributed by atoms with Crippen molar-refractivity contribution in [3.63, 3.8) is 0 Å². The van der Waals surface area contributed by atoms with Crippen LogP contribution < -0.4 is 10.6 Å².